The van der Waals surface area contributed by atoms with Crippen LogP contribution in [-0.4, -0.2) is 84.3 Å². The molecule has 0 bridgehead atoms. The Morgan fingerprint density at radius 3 is 0.906 bits per heavy atom. The van der Waals surface area contributed by atoms with Crippen LogP contribution in [-0.2, 0) is 27.4 Å². The van der Waals surface area contributed by atoms with E-state index in [1.165, 1.54) is 14.2 Å². The molecule has 0 N–H and O–H groups in total. The Bertz CT molecular complexity index is 543. The van der Waals surface area contributed by atoms with Crippen molar-refractivity contribution in [2.75, 3.05) is 14.2 Å². The van der Waals surface area contributed by atoms with E-state index >= 15 is 0 Å². The Morgan fingerprint density at radius 2 is 0.719 bits per heavy atom. The van der Waals surface area contributed by atoms with Gasteiger partial charge in [0.2, 0.25) is 0 Å². The second kappa shape index (κ2) is 12.9. The Hall–Kier alpha value is -0.352. The van der Waals surface area contributed by atoms with Crippen LogP contribution < -0.4 is 0 Å². The van der Waals surface area contributed by atoms with Crippen LogP contribution in [0.3, 0.4) is 0 Å². The first-order valence-corrected chi connectivity index (χ1v) is 24.8. The van der Waals surface area contributed by atoms with Gasteiger partial charge in [0.25, 0.3) is 0 Å². The molecule has 0 rings (SSSR count). The standard InChI is InChI=1S/C20H48N2O6Si4/c1-23-21-15-17(25-29(3,4)5)19(27-31(9,10)11)20(28-32(12,13)14)18(16-22-24-2)26-30(6,7)8/h15-20H,1-14H3/b21-15+,22-16+. The summed E-state index contributed by atoms with van der Waals surface area (Å²) in [5, 5.41) is 8.11. The molecule has 0 aromatic carbocycles. The summed E-state index contributed by atoms with van der Waals surface area (Å²) in [7, 11) is -4.93. The number of oxime groups is 2. The maximum absolute atomic E-state index is 6.75. The Labute approximate surface area is 200 Å². The average Bonchev–Trinajstić information content (AvgIpc) is 2.54. The van der Waals surface area contributed by atoms with Gasteiger partial charge < -0.3 is 27.4 Å². The quantitative estimate of drug-likeness (QED) is 0.168. The summed E-state index contributed by atoms with van der Waals surface area (Å²) in [4.78, 5) is 10.0. The fourth-order valence-corrected chi connectivity index (χ4v) is 7.07. The normalized spacial score (nSPS) is 18.1. The largest absolute Gasteiger partial charge is 0.409 e. The smallest absolute Gasteiger partial charge is 0.184 e. The predicted octanol–water partition coefficient (Wildman–Crippen LogP) is 5.13. The third kappa shape index (κ3) is 15.5. The molecule has 4 unspecified atom stereocenters. The molecular formula is C20H48N2O6Si4. The van der Waals surface area contributed by atoms with Crippen molar-refractivity contribution in [1.82, 2.24) is 0 Å². The molecule has 8 nitrogen and oxygen atoms in total. The molecule has 12 heteroatoms. The first-order chi connectivity index (χ1) is 14.3. The van der Waals surface area contributed by atoms with Gasteiger partial charge in [-0.1, -0.05) is 10.3 Å². The molecule has 0 aliphatic heterocycles. The van der Waals surface area contributed by atoms with Crippen LogP contribution in [0.5, 0.6) is 0 Å². The van der Waals surface area contributed by atoms with Crippen molar-refractivity contribution in [1.29, 1.82) is 0 Å². The van der Waals surface area contributed by atoms with Gasteiger partial charge in [0.05, 0.1) is 12.4 Å². The summed E-state index contributed by atoms with van der Waals surface area (Å²) in [5.41, 5.74) is 0. The number of hydrogen-bond donors (Lipinski definition) is 0. The van der Waals surface area contributed by atoms with Crippen molar-refractivity contribution in [3.8, 4) is 0 Å². The van der Waals surface area contributed by atoms with Gasteiger partial charge >= 0.3 is 0 Å². The molecule has 0 radical (unpaired) electrons. The van der Waals surface area contributed by atoms with Crippen molar-refractivity contribution in [2.24, 2.45) is 10.3 Å². The van der Waals surface area contributed by atoms with E-state index in [0.717, 1.165) is 0 Å². The lowest BCUT2D eigenvalue weighted by atomic mass is 10.0. The van der Waals surface area contributed by atoms with Crippen LogP contribution in [0.4, 0.5) is 0 Å². The molecule has 0 aromatic heterocycles. The highest BCUT2D eigenvalue weighted by molar-refractivity contribution is 6.71. The fraction of sp³-hybridized carbons (Fsp3) is 0.900. The summed E-state index contributed by atoms with van der Waals surface area (Å²) in [6.45, 7) is 25.8. The summed E-state index contributed by atoms with van der Waals surface area (Å²) < 4.78 is 26.6. The molecule has 0 saturated carbocycles. The number of hydrogen-bond acceptors (Lipinski definition) is 8. The van der Waals surface area contributed by atoms with Gasteiger partial charge in [0.15, 0.2) is 33.3 Å². The van der Waals surface area contributed by atoms with Crippen molar-refractivity contribution in [2.45, 2.75) is 103 Å². The summed E-state index contributed by atoms with van der Waals surface area (Å²) in [6.07, 6.45) is 1.54. The van der Waals surface area contributed by atoms with Gasteiger partial charge in [0.1, 0.15) is 38.6 Å². The minimum absolute atomic E-state index is 0.455. The molecule has 32 heavy (non-hydrogen) atoms. The second-order valence-corrected chi connectivity index (χ2v) is 29.5. The Kier molecular flexibility index (Phi) is 12.8. The molecule has 0 aliphatic rings. The second-order valence-electron chi connectivity index (χ2n) is 11.7. The van der Waals surface area contributed by atoms with Gasteiger partial charge in [0, 0.05) is 0 Å². The van der Waals surface area contributed by atoms with Crippen LogP contribution in [0.1, 0.15) is 0 Å². The molecule has 0 amide bonds. The molecule has 4 atom stereocenters. The van der Waals surface area contributed by atoms with Crippen LogP contribution in [0.15, 0.2) is 10.3 Å². The molecule has 0 aromatic rings. The topological polar surface area (TPSA) is 80.1 Å². The van der Waals surface area contributed by atoms with Gasteiger partial charge in [-0.15, -0.1) is 0 Å². The fourth-order valence-electron chi connectivity index (χ4n) is 2.88. The Morgan fingerprint density at radius 1 is 0.469 bits per heavy atom. The zero-order valence-corrected chi connectivity index (χ0v) is 26.8. The van der Waals surface area contributed by atoms with E-state index < -0.39 is 57.7 Å². The van der Waals surface area contributed by atoms with Crippen LogP contribution >= 0.6 is 0 Å². The predicted molar refractivity (Wildman–Crippen MR) is 144 cm³/mol. The lowest BCUT2D eigenvalue weighted by molar-refractivity contribution is -0.0423. The third-order valence-corrected chi connectivity index (χ3v) is 7.47. The van der Waals surface area contributed by atoms with E-state index in [4.69, 9.17) is 27.4 Å². The monoisotopic (exact) mass is 524 g/mol. The minimum Gasteiger partial charge on any atom is -0.409 e. The maximum atomic E-state index is 6.75. The van der Waals surface area contributed by atoms with E-state index in [0.29, 0.717) is 0 Å². The van der Waals surface area contributed by atoms with Gasteiger partial charge in [-0.05, 0) is 78.6 Å². The SMILES string of the molecule is CO/N=C/C(O[Si](C)(C)C)C(O[Si](C)(C)C)C(O[Si](C)(C)C)C(/C=N/OC)O[Si](C)(C)C. The number of rotatable bonds is 15. The van der Waals surface area contributed by atoms with Crippen LogP contribution in [0.2, 0.25) is 78.6 Å². The van der Waals surface area contributed by atoms with Crippen molar-refractivity contribution in [3.05, 3.63) is 0 Å². The molecule has 190 valence electrons. The zero-order valence-electron chi connectivity index (χ0n) is 22.8. The lowest BCUT2D eigenvalue weighted by Crippen LogP contribution is -2.59. The van der Waals surface area contributed by atoms with E-state index in [-0.39, 0.29) is 0 Å². The summed E-state index contributed by atoms with van der Waals surface area (Å²) in [5.74, 6) is 0. The van der Waals surface area contributed by atoms with Crippen molar-refractivity contribution >= 4 is 45.7 Å². The van der Waals surface area contributed by atoms with Crippen molar-refractivity contribution in [3.63, 3.8) is 0 Å². The molecule has 0 saturated heterocycles. The lowest BCUT2D eigenvalue weighted by Gasteiger charge is -2.43. The highest BCUT2D eigenvalue weighted by Gasteiger charge is 2.44. The summed E-state index contributed by atoms with van der Waals surface area (Å²) >= 11 is 0. The van der Waals surface area contributed by atoms with Gasteiger partial charge in [-0.2, -0.15) is 0 Å². The highest BCUT2D eigenvalue weighted by Crippen LogP contribution is 2.27. The third-order valence-electron chi connectivity index (χ3n) is 3.56. The molecule has 0 fully saturated rings. The molecule has 0 heterocycles. The Balaban J connectivity index is 6.69. The van der Waals surface area contributed by atoms with Gasteiger partial charge in [-0.3, -0.25) is 0 Å². The van der Waals surface area contributed by atoms with Crippen LogP contribution in [0, 0.1) is 0 Å². The summed E-state index contributed by atoms with van der Waals surface area (Å²) in [6, 6.07) is 0. The van der Waals surface area contributed by atoms with E-state index in [2.05, 4.69) is 88.9 Å². The van der Waals surface area contributed by atoms with E-state index in [9.17, 15) is 0 Å². The van der Waals surface area contributed by atoms with Crippen LogP contribution in [0.25, 0.3) is 0 Å². The number of nitrogens with zero attached hydrogens (tertiary/aromatic N) is 2. The van der Waals surface area contributed by atoms with Gasteiger partial charge in [-0.25, -0.2) is 0 Å². The first-order valence-electron chi connectivity index (χ1n) is 11.1. The highest BCUT2D eigenvalue weighted by atomic mass is 28.4. The molecular weight excluding hydrogens is 477 g/mol. The van der Waals surface area contributed by atoms with Crippen molar-refractivity contribution < 1.29 is 27.4 Å². The van der Waals surface area contributed by atoms with E-state index in [1.54, 1.807) is 12.4 Å². The molecule has 0 spiro atoms. The minimum atomic E-state index is -2.02. The molecule has 0 aliphatic carbocycles. The zero-order chi connectivity index (χ0) is 25.4. The van der Waals surface area contributed by atoms with E-state index in [1.807, 2.05) is 0 Å². The maximum Gasteiger partial charge on any atom is 0.184 e. The first kappa shape index (κ1) is 31.6. The average molecular weight is 525 g/mol.